The molecular weight excluding hydrogens is 286 g/mol. The molecule has 0 spiro atoms. The van der Waals surface area contributed by atoms with Crippen LogP contribution in [0.3, 0.4) is 0 Å². The van der Waals surface area contributed by atoms with Gasteiger partial charge >= 0.3 is 0 Å². The van der Waals surface area contributed by atoms with Crippen LogP contribution in [0.15, 0.2) is 42.5 Å². The zero-order chi connectivity index (χ0) is 14.8. The van der Waals surface area contributed by atoms with Crippen molar-refractivity contribution in [3.63, 3.8) is 0 Å². The maximum absolute atomic E-state index is 6.04. The Bertz CT molecular complexity index is 805. The second-order valence-electron chi connectivity index (χ2n) is 4.54. The number of nitrogens with zero attached hydrogens (tertiary/aromatic N) is 2. The van der Waals surface area contributed by atoms with E-state index in [0.29, 0.717) is 10.8 Å². The highest BCUT2D eigenvalue weighted by Crippen LogP contribution is 2.28. The second kappa shape index (κ2) is 5.58. The summed E-state index contributed by atoms with van der Waals surface area (Å²) in [5.74, 6) is 2.17. The maximum Gasteiger partial charge on any atom is 0.162 e. The number of ether oxygens (including phenoxy) is 1. The van der Waals surface area contributed by atoms with Crippen LogP contribution in [0, 0.1) is 0 Å². The van der Waals surface area contributed by atoms with Crippen molar-refractivity contribution >= 4 is 28.3 Å². The van der Waals surface area contributed by atoms with Crippen LogP contribution in [0.5, 0.6) is 5.75 Å². The lowest BCUT2D eigenvalue weighted by Crippen LogP contribution is -1.99. The smallest absolute Gasteiger partial charge is 0.162 e. The standard InChI is InChI=1S/C16H14ClN3O/c1-18-16-13-9-12(21-2)6-7-14(13)19-15(20-16)10-4-3-5-11(17)8-10/h3-9H,1-2H3,(H,18,19,20). The highest BCUT2D eigenvalue weighted by Gasteiger charge is 2.09. The minimum absolute atomic E-state index is 0.638. The number of halogens is 1. The number of hydrogen-bond acceptors (Lipinski definition) is 4. The summed E-state index contributed by atoms with van der Waals surface area (Å²) in [6.45, 7) is 0. The molecule has 106 valence electrons. The Balaban J connectivity index is 2.22. The van der Waals surface area contributed by atoms with Crippen LogP contribution in [0.1, 0.15) is 0 Å². The molecular formula is C16H14ClN3O. The lowest BCUT2D eigenvalue weighted by Gasteiger charge is -2.09. The van der Waals surface area contributed by atoms with E-state index in [9.17, 15) is 0 Å². The fraction of sp³-hybridized carbons (Fsp3) is 0.125. The fourth-order valence-electron chi connectivity index (χ4n) is 2.18. The quantitative estimate of drug-likeness (QED) is 0.794. The lowest BCUT2D eigenvalue weighted by atomic mass is 10.1. The highest BCUT2D eigenvalue weighted by atomic mass is 35.5. The van der Waals surface area contributed by atoms with E-state index in [-0.39, 0.29) is 0 Å². The van der Waals surface area contributed by atoms with E-state index in [1.165, 1.54) is 0 Å². The number of aromatic nitrogens is 2. The van der Waals surface area contributed by atoms with E-state index in [1.807, 2.05) is 49.5 Å². The van der Waals surface area contributed by atoms with Crippen molar-refractivity contribution in [1.29, 1.82) is 0 Å². The predicted octanol–water partition coefficient (Wildman–Crippen LogP) is 4.00. The van der Waals surface area contributed by atoms with Crippen LogP contribution in [-0.4, -0.2) is 24.1 Å². The number of hydrogen-bond donors (Lipinski definition) is 1. The van der Waals surface area contributed by atoms with E-state index in [2.05, 4.69) is 15.3 Å². The molecule has 4 nitrogen and oxygen atoms in total. The van der Waals surface area contributed by atoms with Crippen molar-refractivity contribution in [2.75, 3.05) is 19.5 Å². The first-order valence-electron chi connectivity index (χ1n) is 6.51. The third kappa shape index (κ3) is 2.62. The molecule has 3 aromatic rings. The van der Waals surface area contributed by atoms with Gasteiger partial charge in [0.25, 0.3) is 0 Å². The van der Waals surface area contributed by atoms with Crippen molar-refractivity contribution in [1.82, 2.24) is 9.97 Å². The summed E-state index contributed by atoms with van der Waals surface area (Å²) in [5, 5.41) is 4.69. The van der Waals surface area contributed by atoms with Gasteiger partial charge in [-0.3, -0.25) is 0 Å². The van der Waals surface area contributed by atoms with Crippen LogP contribution in [0.2, 0.25) is 5.02 Å². The number of rotatable bonds is 3. The zero-order valence-electron chi connectivity index (χ0n) is 11.7. The van der Waals surface area contributed by atoms with E-state index < -0.39 is 0 Å². The molecule has 0 radical (unpaired) electrons. The van der Waals surface area contributed by atoms with Gasteiger partial charge in [0, 0.05) is 23.0 Å². The van der Waals surface area contributed by atoms with E-state index in [1.54, 1.807) is 7.11 Å². The summed E-state index contributed by atoms with van der Waals surface area (Å²) < 4.78 is 5.25. The number of fused-ring (bicyclic) bond motifs is 1. The maximum atomic E-state index is 6.04. The molecule has 0 amide bonds. The Kier molecular flexibility index (Phi) is 3.62. The first-order chi connectivity index (χ1) is 10.2. The van der Waals surface area contributed by atoms with E-state index in [0.717, 1.165) is 28.0 Å². The Morgan fingerprint density at radius 2 is 1.95 bits per heavy atom. The second-order valence-corrected chi connectivity index (χ2v) is 4.98. The number of benzene rings is 2. The van der Waals surface area contributed by atoms with Gasteiger partial charge in [-0.2, -0.15) is 0 Å². The van der Waals surface area contributed by atoms with Crippen molar-refractivity contribution in [2.24, 2.45) is 0 Å². The number of anilines is 1. The summed E-state index contributed by atoms with van der Waals surface area (Å²) in [5.41, 5.74) is 1.74. The Labute approximate surface area is 127 Å². The number of methoxy groups -OCH3 is 1. The van der Waals surface area contributed by atoms with Gasteiger partial charge in [0.1, 0.15) is 11.6 Å². The molecule has 0 atom stereocenters. The molecule has 1 heterocycles. The molecule has 0 aliphatic heterocycles. The molecule has 0 saturated carbocycles. The monoisotopic (exact) mass is 299 g/mol. The molecule has 1 aromatic heterocycles. The van der Waals surface area contributed by atoms with Crippen LogP contribution < -0.4 is 10.1 Å². The molecule has 0 saturated heterocycles. The molecule has 0 aliphatic carbocycles. The third-order valence-corrected chi connectivity index (χ3v) is 3.46. The van der Waals surface area contributed by atoms with Crippen molar-refractivity contribution in [3.05, 3.63) is 47.5 Å². The molecule has 2 aromatic carbocycles. The summed E-state index contributed by atoms with van der Waals surface area (Å²) in [4.78, 5) is 9.18. The minimum atomic E-state index is 0.638. The van der Waals surface area contributed by atoms with Crippen molar-refractivity contribution < 1.29 is 4.74 Å². The largest absolute Gasteiger partial charge is 0.497 e. The molecule has 0 bridgehead atoms. The first kappa shape index (κ1) is 13.6. The summed E-state index contributed by atoms with van der Waals surface area (Å²) in [6.07, 6.45) is 0. The Morgan fingerprint density at radius 1 is 1.10 bits per heavy atom. The molecule has 3 rings (SSSR count). The topological polar surface area (TPSA) is 47.0 Å². The van der Waals surface area contributed by atoms with Gasteiger partial charge < -0.3 is 10.1 Å². The SMILES string of the molecule is CNc1nc(-c2cccc(Cl)c2)nc2ccc(OC)cc12. The zero-order valence-corrected chi connectivity index (χ0v) is 12.5. The van der Waals surface area contributed by atoms with Gasteiger partial charge in [-0.25, -0.2) is 9.97 Å². The van der Waals surface area contributed by atoms with Gasteiger partial charge in [-0.05, 0) is 30.3 Å². The summed E-state index contributed by atoms with van der Waals surface area (Å²) >= 11 is 6.04. The molecule has 0 fully saturated rings. The number of nitrogens with one attached hydrogen (secondary N) is 1. The van der Waals surface area contributed by atoms with Gasteiger partial charge in [-0.1, -0.05) is 23.7 Å². The Hall–Kier alpha value is -2.33. The van der Waals surface area contributed by atoms with Crippen LogP contribution in [0.4, 0.5) is 5.82 Å². The Morgan fingerprint density at radius 3 is 2.67 bits per heavy atom. The van der Waals surface area contributed by atoms with Gasteiger partial charge in [-0.15, -0.1) is 0 Å². The average molecular weight is 300 g/mol. The van der Waals surface area contributed by atoms with Crippen molar-refractivity contribution in [3.8, 4) is 17.1 Å². The van der Waals surface area contributed by atoms with Crippen LogP contribution in [-0.2, 0) is 0 Å². The van der Waals surface area contributed by atoms with Crippen molar-refractivity contribution in [2.45, 2.75) is 0 Å². The van der Waals surface area contributed by atoms with E-state index in [4.69, 9.17) is 16.3 Å². The summed E-state index contributed by atoms with van der Waals surface area (Å²) in [7, 11) is 3.48. The van der Waals surface area contributed by atoms with E-state index >= 15 is 0 Å². The highest BCUT2D eigenvalue weighted by molar-refractivity contribution is 6.30. The van der Waals surface area contributed by atoms with Gasteiger partial charge in [0.15, 0.2) is 5.82 Å². The molecule has 1 N–H and O–H groups in total. The van der Waals surface area contributed by atoms with Crippen LogP contribution in [0.25, 0.3) is 22.3 Å². The molecule has 5 heteroatoms. The average Bonchev–Trinajstić information content (AvgIpc) is 2.53. The normalized spacial score (nSPS) is 10.6. The van der Waals surface area contributed by atoms with Crippen LogP contribution >= 0.6 is 11.6 Å². The van der Waals surface area contributed by atoms with Gasteiger partial charge in [0.05, 0.1) is 12.6 Å². The third-order valence-electron chi connectivity index (χ3n) is 3.22. The molecule has 21 heavy (non-hydrogen) atoms. The summed E-state index contributed by atoms with van der Waals surface area (Å²) in [6, 6.07) is 13.2. The predicted molar refractivity (Wildman–Crippen MR) is 86.1 cm³/mol. The lowest BCUT2D eigenvalue weighted by molar-refractivity contribution is 0.415. The van der Waals surface area contributed by atoms with Gasteiger partial charge in [0.2, 0.25) is 0 Å². The minimum Gasteiger partial charge on any atom is -0.497 e. The molecule has 0 aliphatic rings. The first-order valence-corrected chi connectivity index (χ1v) is 6.88. The molecule has 0 unspecified atom stereocenters. The fourth-order valence-corrected chi connectivity index (χ4v) is 2.37.